The molecule has 4 nitrogen and oxygen atoms in total. The Bertz CT molecular complexity index is 627. The maximum Gasteiger partial charge on any atom is 0.339 e. The van der Waals surface area contributed by atoms with Crippen LogP contribution in [0.4, 0.5) is 0 Å². The molecule has 0 bridgehead atoms. The van der Waals surface area contributed by atoms with Gasteiger partial charge < -0.3 is 9.84 Å². The molecule has 0 saturated carbocycles. The molecule has 0 aromatic heterocycles. The lowest BCUT2D eigenvalue weighted by molar-refractivity contribution is 0.0487. The zero-order valence-electron chi connectivity index (χ0n) is 23.8. The summed E-state index contributed by atoms with van der Waals surface area (Å²) in [4.78, 5) is 22.8. The summed E-state index contributed by atoms with van der Waals surface area (Å²) < 4.78 is 5.12. The van der Waals surface area contributed by atoms with E-state index in [1.807, 2.05) is 0 Å². The largest absolute Gasteiger partial charge is 0.478 e. The molecule has 0 aliphatic heterocycles. The lowest BCUT2D eigenvalue weighted by Crippen LogP contribution is -2.12. The van der Waals surface area contributed by atoms with E-state index >= 15 is 0 Å². The number of esters is 1. The van der Waals surface area contributed by atoms with Gasteiger partial charge in [0.05, 0.1) is 17.7 Å². The van der Waals surface area contributed by atoms with Crippen molar-refractivity contribution in [3.8, 4) is 0 Å². The lowest BCUT2D eigenvalue weighted by atomic mass is 10.0. The molecule has 0 atom stereocenters. The molecular formula is C32H56O4. The van der Waals surface area contributed by atoms with Crippen molar-refractivity contribution in [3.63, 3.8) is 0 Å². The first-order valence-electron chi connectivity index (χ1n) is 15.1. The van der Waals surface area contributed by atoms with Crippen LogP contribution in [0, 0.1) is 0 Å². The van der Waals surface area contributed by atoms with E-state index in [-0.39, 0.29) is 11.1 Å². The molecule has 1 rings (SSSR count). The predicted octanol–water partition coefficient (Wildman–Crippen LogP) is 10.4. The van der Waals surface area contributed by atoms with E-state index in [1.165, 1.54) is 121 Å². The normalized spacial score (nSPS) is 10.5. The zero-order valence-corrected chi connectivity index (χ0v) is 23.8. The minimum Gasteiger partial charge on any atom is -0.478 e. The SMILES string of the molecule is CCCCCCCCCCCCCCCC.CCCCCCCCOC(=O)c1ccccc1C(=O)O. The van der Waals surface area contributed by atoms with Crippen LogP contribution in [0.3, 0.4) is 0 Å². The number of aromatic carboxylic acids is 1. The van der Waals surface area contributed by atoms with Gasteiger partial charge >= 0.3 is 11.9 Å². The van der Waals surface area contributed by atoms with Crippen molar-refractivity contribution in [1.82, 2.24) is 0 Å². The van der Waals surface area contributed by atoms with Crippen molar-refractivity contribution >= 4 is 11.9 Å². The molecule has 0 aliphatic rings. The predicted molar refractivity (Wildman–Crippen MR) is 153 cm³/mol. The Labute approximate surface area is 222 Å². The van der Waals surface area contributed by atoms with Gasteiger partial charge in [-0.25, -0.2) is 9.59 Å². The van der Waals surface area contributed by atoms with E-state index in [0.29, 0.717) is 6.61 Å². The van der Waals surface area contributed by atoms with Gasteiger partial charge in [0.2, 0.25) is 0 Å². The quantitative estimate of drug-likeness (QED) is 0.126. The first-order chi connectivity index (χ1) is 17.6. The third-order valence-corrected chi connectivity index (χ3v) is 6.57. The molecule has 1 N–H and O–H groups in total. The highest BCUT2D eigenvalue weighted by Crippen LogP contribution is 2.13. The number of carbonyl (C=O) groups excluding carboxylic acids is 1. The number of carbonyl (C=O) groups is 2. The van der Waals surface area contributed by atoms with Gasteiger partial charge in [-0.1, -0.05) is 155 Å². The fraction of sp³-hybridized carbons (Fsp3) is 0.750. The first kappa shape index (κ1) is 34.2. The molecule has 0 fully saturated rings. The number of ether oxygens (including phenoxy) is 1. The van der Waals surface area contributed by atoms with Crippen LogP contribution in [0.2, 0.25) is 0 Å². The van der Waals surface area contributed by atoms with E-state index in [2.05, 4.69) is 20.8 Å². The highest BCUT2D eigenvalue weighted by atomic mass is 16.5. The summed E-state index contributed by atoms with van der Waals surface area (Å²) in [5, 5.41) is 9.00. The topological polar surface area (TPSA) is 63.6 Å². The number of rotatable bonds is 22. The number of hydrogen-bond donors (Lipinski definition) is 1. The summed E-state index contributed by atoms with van der Waals surface area (Å²) in [5.74, 6) is -1.67. The van der Waals surface area contributed by atoms with E-state index in [9.17, 15) is 9.59 Å². The number of carboxylic acid groups (broad SMARTS) is 1. The van der Waals surface area contributed by atoms with Gasteiger partial charge in [-0.15, -0.1) is 0 Å². The summed E-state index contributed by atoms with van der Waals surface area (Å²) in [6, 6.07) is 6.11. The van der Waals surface area contributed by atoms with Crippen LogP contribution >= 0.6 is 0 Å². The summed E-state index contributed by atoms with van der Waals surface area (Å²) in [6.45, 7) is 7.09. The number of unbranched alkanes of at least 4 members (excludes halogenated alkanes) is 18. The van der Waals surface area contributed by atoms with Crippen LogP contribution in [0.15, 0.2) is 24.3 Å². The monoisotopic (exact) mass is 504 g/mol. The van der Waals surface area contributed by atoms with Gasteiger partial charge in [0.25, 0.3) is 0 Å². The van der Waals surface area contributed by atoms with Gasteiger partial charge in [0, 0.05) is 0 Å². The third kappa shape index (κ3) is 20.4. The summed E-state index contributed by atoms with van der Waals surface area (Å²) in [6.07, 6.45) is 27.1. The van der Waals surface area contributed by atoms with Crippen LogP contribution in [-0.4, -0.2) is 23.7 Å². The Balaban J connectivity index is 0.000000700. The summed E-state index contributed by atoms with van der Waals surface area (Å²) in [5.41, 5.74) is 0.103. The fourth-order valence-corrected chi connectivity index (χ4v) is 4.24. The molecule has 4 heteroatoms. The molecule has 36 heavy (non-hydrogen) atoms. The molecule has 1 aromatic carbocycles. The van der Waals surface area contributed by atoms with Crippen molar-refractivity contribution in [2.75, 3.05) is 6.61 Å². The molecule has 0 heterocycles. The Kier molecular flexibility index (Phi) is 24.9. The van der Waals surface area contributed by atoms with Gasteiger partial charge in [-0.3, -0.25) is 0 Å². The number of hydrogen-bond acceptors (Lipinski definition) is 3. The molecule has 0 aliphatic carbocycles. The van der Waals surface area contributed by atoms with Crippen molar-refractivity contribution in [2.45, 2.75) is 149 Å². The third-order valence-electron chi connectivity index (χ3n) is 6.57. The highest BCUT2D eigenvalue weighted by Gasteiger charge is 2.16. The molecule has 0 amide bonds. The van der Waals surface area contributed by atoms with Gasteiger partial charge in [-0.05, 0) is 18.6 Å². The van der Waals surface area contributed by atoms with Crippen LogP contribution in [0.5, 0.6) is 0 Å². The van der Waals surface area contributed by atoms with Gasteiger partial charge in [-0.2, -0.15) is 0 Å². The maximum absolute atomic E-state index is 11.8. The van der Waals surface area contributed by atoms with Crippen molar-refractivity contribution in [3.05, 3.63) is 35.4 Å². The molecule has 0 unspecified atom stereocenters. The molecule has 0 spiro atoms. The van der Waals surface area contributed by atoms with Crippen molar-refractivity contribution in [2.24, 2.45) is 0 Å². The second kappa shape index (κ2) is 26.2. The smallest absolute Gasteiger partial charge is 0.339 e. The standard InChI is InChI=1S/C16H22O4.C16H34/c1-2-3-4-5-6-9-12-20-16(19)14-11-8-7-10-13(14)15(17)18;1-3-5-7-9-11-13-15-16-14-12-10-8-6-4-2/h7-8,10-11H,2-6,9,12H2,1H3,(H,17,18);3-16H2,1-2H3. The summed E-state index contributed by atoms with van der Waals surface area (Å²) in [7, 11) is 0. The van der Waals surface area contributed by atoms with E-state index < -0.39 is 11.9 Å². The molecule has 208 valence electrons. The highest BCUT2D eigenvalue weighted by molar-refractivity contribution is 6.02. The number of benzene rings is 1. The molecule has 0 saturated heterocycles. The maximum atomic E-state index is 11.8. The van der Waals surface area contributed by atoms with Crippen LogP contribution < -0.4 is 0 Å². The first-order valence-corrected chi connectivity index (χ1v) is 15.1. The average Bonchev–Trinajstić information content (AvgIpc) is 2.89. The fourth-order valence-electron chi connectivity index (χ4n) is 4.24. The van der Waals surface area contributed by atoms with Crippen LogP contribution in [0.25, 0.3) is 0 Å². The van der Waals surface area contributed by atoms with Gasteiger partial charge in [0.15, 0.2) is 0 Å². The van der Waals surface area contributed by atoms with Crippen LogP contribution in [-0.2, 0) is 4.74 Å². The summed E-state index contributed by atoms with van der Waals surface area (Å²) >= 11 is 0. The van der Waals surface area contributed by atoms with Crippen molar-refractivity contribution < 1.29 is 19.4 Å². The van der Waals surface area contributed by atoms with E-state index in [0.717, 1.165) is 19.3 Å². The Hall–Kier alpha value is -1.84. The lowest BCUT2D eigenvalue weighted by Gasteiger charge is -2.07. The Morgan fingerprint density at radius 3 is 1.25 bits per heavy atom. The minimum absolute atomic E-state index is 0.0135. The average molecular weight is 505 g/mol. The second-order valence-corrected chi connectivity index (χ2v) is 10.00. The zero-order chi connectivity index (χ0) is 26.7. The van der Waals surface area contributed by atoms with Crippen LogP contribution in [0.1, 0.15) is 170 Å². The Morgan fingerprint density at radius 2 is 0.889 bits per heavy atom. The van der Waals surface area contributed by atoms with E-state index in [1.54, 1.807) is 12.1 Å². The Morgan fingerprint density at radius 1 is 0.556 bits per heavy atom. The molecular weight excluding hydrogens is 448 g/mol. The van der Waals surface area contributed by atoms with Crippen molar-refractivity contribution in [1.29, 1.82) is 0 Å². The van der Waals surface area contributed by atoms with E-state index in [4.69, 9.17) is 9.84 Å². The second-order valence-electron chi connectivity index (χ2n) is 10.00. The van der Waals surface area contributed by atoms with Gasteiger partial charge in [0.1, 0.15) is 0 Å². The number of carboxylic acids is 1. The minimum atomic E-state index is -1.11. The molecule has 0 radical (unpaired) electrons. The molecule has 1 aromatic rings.